The molecular formula is C19H26F2N4O. The van der Waals surface area contributed by atoms with Crippen LogP contribution >= 0.6 is 0 Å². The van der Waals surface area contributed by atoms with Crippen molar-refractivity contribution in [2.45, 2.75) is 25.8 Å². The minimum atomic E-state index is -0.595. The van der Waals surface area contributed by atoms with Crippen LogP contribution in [0.2, 0.25) is 0 Å². The molecule has 0 saturated carbocycles. The van der Waals surface area contributed by atoms with E-state index in [1.165, 1.54) is 6.07 Å². The number of fused-ring (bicyclic) bond motifs is 1. The van der Waals surface area contributed by atoms with Gasteiger partial charge in [-0.25, -0.2) is 8.78 Å². The van der Waals surface area contributed by atoms with Crippen LogP contribution in [-0.2, 0) is 11.2 Å². The molecule has 1 aliphatic rings. The Bertz CT molecular complexity index is 802. The Balaban J connectivity index is 1.54. The lowest BCUT2D eigenvalue weighted by Gasteiger charge is -2.20. The van der Waals surface area contributed by atoms with Gasteiger partial charge in [0.25, 0.3) is 0 Å². The van der Waals surface area contributed by atoms with Crippen LogP contribution in [0.3, 0.4) is 0 Å². The number of rotatable bonds is 6. The number of nitrogens with zero attached hydrogens (tertiary/aromatic N) is 2. The van der Waals surface area contributed by atoms with Gasteiger partial charge >= 0.3 is 0 Å². The summed E-state index contributed by atoms with van der Waals surface area (Å²) in [5.74, 6) is -1.20. The topological polar surface area (TPSA) is 51.4 Å². The molecule has 1 saturated heterocycles. The van der Waals surface area contributed by atoms with E-state index < -0.39 is 11.6 Å². The van der Waals surface area contributed by atoms with Gasteiger partial charge in [0, 0.05) is 42.8 Å². The standard InChI is InChI=1S/C19H26F2N4O/c1-12-15(16-8-13(20)9-17(21)19(16)23-12)4-6-22-18(26)11-25-7-5-14(10-25)24(2)3/h8-9,14,23H,4-7,10-11H2,1-3H3,(H,22,26)/t14-/m1/s1. The molecule has 0 spiro atoms. The summed E-state index contributed by atoms with van der Waals surface area (Å²) in [5, 5.41) is 3.46. The molecule has 0 aliphatic carbocycles. The van der Waals surface area contributed by atoms with Crippen LogP contribution in [0.1, 0.15) is 17.7 Å². The van der Waals surface area contributed by atoms with Gasteiger partial charge < -0.3 is 15.2 Å². The van der Waals surface area contributed by atoms with Crippen LogP contribution in [-0.4, -0.2) is 67.0 Å². The number of aromatic nitrogens is 1. The fourth-order valence-electron chi connectivity index (χ4n) is 3.69. The van der Waals surface area contributed by atoms with Crippen molar-refractivity contribution in [2.24, 2.45) is 0 Å². The van der Waals surface area contributed by atoms with E-state index in [1.807, 2.05) is 6.92 Å². The van der Waals surface area contributed by atoms with Crippen molar-refractivity contribution in [3.8, 4) is 0 Å². The second-order valence-corrected chi connectivity index (χ2v) is 7.28. The number of halogens is 2. The number of carbonyl (C=O) groups excluding carboxylic acids is 1. The first-order valence-electron chi connectivity index (χ1n) is 8.97. The van der Waals surface area contributed by atoms with E-state index in [1.54, 1.807) is 0 Å². The molecule has 0 bridgehead atoms. The van der Waals surface area contributed by atoms with Gasteiger partial charge in [0.15, 0.2) is 0 Å². The van der Waals surface area contributed by atoms with Gasteiger partial charge in [0.1, 0.15) is 11.6 Å². The zero-order valence-electron chi connectivity index (χ0n) is 15.5. The molecule has 2 N–H and O–H groups in total. The van der Waals surface area contributed by atoms with E-state index in [-0.39, 0.29) is 5.91 Å². The third kappa shape index (κ3) is 4.04. The highest BCUT2D eigenvalue weighted by Crippen LogP contribution is 2.25. The second-order valence-electron chi connectivity index (χ2n) is 7.28. The molecule has 1 amide bonds. The molecule has 0 unspecified atom stereocenters. The number of aromatic amines is 1. The molecule has 1 atom stereocenters. The monoisotopic (exact) mass is 364 g/mol. The molecule has 1 aromatic heterocycles. The molecular weight excluding hydrogens is 338 g/mol. The van der Waals surface area contributed by atoms with Gasteiger partial charge in [0.2, 0.25) is 5.91 Å². The summed E-state index contributed by atoms with van der Waals surface area (Å²) in [6.07, 6.45) is 1.60. The average molecular weight is 364 g/mol. The Morgan fingerprint density at radius 3 is 2.85 bits per heavy atom. The van der Waals surface area contributed by atoms with Crippen LogP contribution in [0.15, 0.2) is 12.1 Å². The third-order valence-corrected chi connectivity index (χ3v) is 5.19. The number of nitrogens with one attached hydrogen (secondary N) is 2. The summed E-state index contributed by atoms with van der Waals surface area (Å²) in [4.78, 5) is 19.5. The Hall–Kier alpha value is -1.99. The molecule has 142 valence electrons. The molecule has 2 aromatic rings. The predicted molar refractivity (Wildman–Crippen MR) is 98.2 cm³/mol. The lowest BCUT2D eigenvalue weighted by Crippen LogP contribution is -2.38. The van der Waals surface area contributed by atoms with Crippen LogP contribution in [0, 0.1) is 18.6 Å². The summed E-state index contributed by atoms with van der Waals surface area (Å²) >= 11 is 0. The van der Waals surface area contributed by atoms with Crippen LogP contribution < -0.4 is 5.32 Å². The van der Waals surface area contributed by atoms with Gasteiger partial charge in [-0.1, -0.05) is 0 Å². The molecule has 1 aliphatic heterocycles. The molecule has 1 fully saturated rings. The van der Waals surface area contributed by atoms with Crippen molar-refractivity contribution in [1.29, 1.82) is 0 Å². The second kappa shape index (κ2) is 7.72. The lowest BCUT2D eigenvalue weighted by atomic mass is 10.1. The van der Waals surface area contributed by atoms with Crippen LogP contribution in [0.5, 0.6) is 0 Å². The maximum Gasteiger partial charge on any atom is 0.234 e. The number of likely N-dealkylation sites (tertiary alicyclic amines) is 1. The minimum Gasteiger partial charge on any atom is -0.356 e. The Labute approximate surface area is 152 Å². The van der Waals surface area contributed by atoms with Crippen molar-refractivity contribution in [2.75, 3.05) is 40.3 Å². The highest BCUT2D eigenvalue weighted by molar-refractivity contribution is 5.85. The summed E-state index contributed by atoms with van der Waals surface area (Å²) in [5.41, 5.74) is 1.96. The largest absolute Gasteiger partial charge is 0.356 e. The smallest absolute Gasteiger partial charge is 0.234 e. The summed E-state index contributed by atoms with van der Waals surface area (Å²) in [6, 6.07) is 2.72. The summed E-state index contributed by atoms with van der Waals surface area (Å²) in [7, 11) is 4.12. The van der Waals surface area contributed by atoms with E-state index in [0.717, 1.165) is 36.8 Å². The van der Waals surface area contributed by atoms with E-state index in [4.69, 9.17) is 0 Å². The van der Waals surface area contributed by atoms with Crippen molar-refractivity contribution in [1.82, 2.24) is 20.1 Å². The van der Waals surface area contributed by atoms with Crippen LogP contribution in [0.4, 0.5) is 8.78 Å². The number of aryl methyl sites for hydroxylation is 1. The highest BCUT2D eigenvalue weighted by Gasteiger charge is 2.25. The van der Waals surface area contributed by atoms with Gasteiger partial charge in [-0.3, -0.25) is 9.69 Å². The first-order chi connectivity index (χ1) is 12.3. The molecule has 7 heteroatoms. The predicted octanol–water partition coefficient (Wildman–Crippen LogP) is 2.05. The SMILES string of the molecule is Cc1[nH]c2c(F)cc(F)cc2c1CCNC(=O)CN1CC[C@@H](N(C)C)C1. The fourth-order valence-corrected chi connectivity index (χ4v) is 3.69. The third-order valence-electron chi connectivity index (χ3n) is 5.19. The summed E-state index contributed by atoms with van der Waals surface area (Å²) in [6.45, 7) is 4.49. The number of amides is 1. The van der Waals surface area contributed by atoms with E-state index in [0.29, 0.717) is 36.5 Å². The normalized spacial score (nSPS) is 18.2. The maximum atomic E-state index is 13.9. The molecule has 0 radical (unpaired) electrons. The van der Waals surface area contributed by atoms with Crippen LogP contribution in [0.25, 0.3) is 10.9 Å². The molecule has 2 heterocycles. The quantitative estimate of drug-likeness (QED) is 0.825. The molecule has 1 aromatic carbocycles. The number of benzene rings is 1. The van der Waals surface area contributed by atoms with Gasteiger partial charge in [-0.15, -0.1) is 0 Å². The van der Waals surface area contributed by atoms with Crippen molar-refractivity contribution < 1.29 is 13.6 Å². The van der Waals surface area contributed by atoms with Gasteiger partial charge in [-0.05, 0) is 45.5 Å². The summed E-state index contributed by atoms with van der Waals surface area (Å²) < 4.78 is 27.4. The number of carbonyl (C=O) groups is 1. The zero-order chi connectivity index (χ0) is 18.8. The number of hydrogen-bond acceptors (Lipinski definition) is 3. The number of hydrogen-bond donors (Lipinski definition) is 2. The van der Waals surface area contributed by atoms with Crippen molar-refractivity contribution >= 4 is 16.8 Å². The van der Waals surface area contributed by atoms with E-state index in [2.05, 4.69) is 34.2 Å². The average Bonchev–Trinajstić information content (AvgIpc) is 3.13. The van der Waals surface area contributed by atoms with Gasteiger partial charge in [0.05, 0.1) is 12.1 Å². The lowest BCUT2D eigenvalue weighted by molar-refractivity contribution is -0.122. The van der Waals surface area contributed by atoms with Gasteiger partial charge in [-0.2, -0.15) is 0 Å². The number of likely N-dealkylation sites (N-methyl/N-ethyl adjacent to an activating group) is 1. The molecule has 5 nitrogen and oxygen atoms in total. The van der Waals surface area contributed by atoms with Crippen molar-refractivity contribution in [3.05, 3.63) is 35.0 Å². The fraction of sp³-hybridized carbons (Fsp3) is 0.526. The van der Waals surface area contributed by atoms with E-state index >= 15 is 0 Å². The molecule has 26 heavy (non-hydrogen) atoms. The highest BCUT2D eigenvalue weighted by atomic mass is 19.1. The Morgan fingerprint density at radius 2 is 2.15 bits per heavy atom. The Kier molecular flexibility index (Phi) is 5.58. The van der Waals surface area contributed by atoms with E-state index in [9.17, 15) is 13.6 Å². The first kappa shape index (κ1) is 18.8. The number of H-pyrrole nitrogens is 1. The van der Waals surface area contributed by atoms with Crippen molar-refractivity contribution in [3.63, 3.8) is 0 Å². The first-order valence-corrected chi connectivity index (χ1v) is 8.97. The zero-order valence-corrected chi connectivity index (χ0v) is 15.5. The Morgan fingerprint density at radius 1 is 1.38 bits per heavy atom. The molecule has 3 rings (SSSR count). The minimum absolute atomic E-state index is 0.0146. The maximum absolute atomic E-state index is 13.9.